The Bertz CT molecular complexity index is 903. The molecule has 7 nitrogen and oxygen atoms in total. The summed E-state index contributed by atoms with van der Waals surface area (Å²) in [6.07, 6.45) is 1.69. The number of hydrogen-bond acceptors (Lipinski definition) is 5. The van der Waals surface area contributed by atoms with Gasteiger partial charge < -0.3 is 0 Å². The molecule has 1 N–H and O–H groups in total. The van der Waals surface area contributed by atoms with Crippen LogP contribution in [-0.4, -0.2) is 28.4 Å². The van der Waals surface area contributed by atoms with Gasteiger partial charge in [-0.2, -0.15) is 8.42 Å². The number of halogens is 1. The van der Waals surface area contributed by atoms with Crippen LogP contribution in [0.4, 0.5) is 5.69 Å². The molecular formula is C12H10BrN5O2S. The molecule has 0 aliphatic carbocycles. The molecule has 3 rings (SSSR count). The molecule has 0 saturated heterocycles. The molecule has 0 radical (unpaired) electrons. The average molecular weight is 368 g/mol. The van der Waals surface area contributed by atoms with Crippen LogP contribution in [0.3, 0.4) is 0 Å². The topological polar surface area (TPSA) is 89.8 Å². The average Bonchev–Trinajstić information content (AvgIpc) is 2.78. The lowest BCUT2D eigenvalue weighted by Gasteiger charge is -2.08. The number of sulfonamides is 1. The number of rotatable bonds is 3. The summed E-state index contributed by atoms with van der Waals surface area (Å²) in [4.78, 5) is 4.19. The van der Waals surface area contributed by atoms with Crippen molar-refractivity contribution in [3.8, 4) is 0 Å². The summed E-state index contributed by atoms with van der Waals surface area (Å²) in [5.74, 6) is 0. The molecule has 1 aromatic carbocycles. The van der Waals surface area contributed by atoms with Crippen LogP contribution in [0.1, 0.15) is 0 Å². The van der Waals surface area contributed by atoms with Crippen molar-refractivity contribution in [1.82, 2.24) is 20.0 Å². The molecule has 0 bridgehead atoms. The summed E-state index contributed by atoms with van der Waals surface area (Å²) in [5.41, 5.74) is 1.24. The molecule has 0 amide bonds. The highest BCUT2D eigenvalue weighted by Crippen LogP contribution is 2.23. The highest BCUT2D eigenvalue weighted by Gasteiger charge is 2.24. The number of aromatic nitrogens is 4. The smallest absolute Gasteiger partial charge is 0.278 e. The number of pyridine rings is 1. The van der Waals surface area contributed by atoms with Gasteiger partial charge in [-0.15, -0.1) is 5.10 Å². The van der Waals surface area contributed by atoms with Crippen LogP contribution < -0.4 is 4.72 Å². The lowest BCUT2D eigenvalue weighted by atomic mass is 10.2. The molecule has 0 aliphatic heterocycles. The second-order valence-corrected chi connectivity index (χ2v) is 6.67. The van der Waals surface area contributed by atoms with Gasteiger partial charge in [-0.1, -0.05) is 11.3 Å². The maximum absolute atomic E-state index is 12.4. The number of aryl methyl sites for hydroxylation is 1. The van der Waals surface area contributed by atoms with Gasteiger partial charge in [0.1, 0.15) is 0 Å². The fourth-order valence-corrected chi connectivity index (χ4v) is 4.10. The van der Waals surface area contributed by atoms with Gasteiger partial charge in [-0.3, -0.25) is 9.71 Å². The Hall–Kier alpha value is -2.00. The minimum absolute atomic E-state index is 0.0335. The SMILES string of the molecule is Cn1nnc(Br)c1S(=O)(=O)Nc1ccc2ncccc2c1. The third-order valence-corrected chi connectivity index (χ3v) is 5.11. The largest absolute Gasteiger partial charge is 0.281 e. The third kappa shape index (κ3) is 2.61. The molecule has 0 spiro atoms. The number of nitrogens with zero attached hydrogens (tertiary/aromatic N) is 4. The zero-order valence-electron chi connectivity index (χ0n) is 10.9. The summed E-state index contributed by atoms with van der Waals surface area (Å²) in [5, 5.41) is 8.15. The van der Waals surface area contributed by atoms with E-state index in [1.807, 2.05) is 6.07 Å². The summed E-state index contributed by atoms with van der Waals surface area (Å²) >= 11 is 3.08. The molecule has 9 heteroatoms. The summed E-state index contributed by atoms with van der Waals surface area (Å²) < 4.78 is 28.6. The maximum atomic E-state index is 12.4. The van der Waals surface area contributed by atoms with Crippen molar-refractivity contribution in [3.05, 3.63) is 41.1 Å². The second kappa shape index (κ2) is 5.08. The van der Waals surface area contributed by atoms with Crippen LogP contribution in [0.25, 0.3) is 10.9 Å². The number of nitrogens with one attached hydrogen (secondary N) is 1. The number of fused-ring (bicyclic) bond motifs is 1. The van der Waals surface area contributed by atoms with Gasteiger partial charge in [0.05, 0.1) is 5.52 Å². The zero-order chi connectivity index (χ0) is 15.0. The van der Waals surface area contributed by atoms with Gasteiger partial charge in [0.15, 0.2) is 4.60 Å². The molecule has 2 aromatic heterocycles. The second-order valence-electron chi connectivity index (χ2n) is 4.33. The summed E-state index contributed by atoms with van der Waals surface area (Å²) in [7, 11) is -2.27. The van der Waals surface area contributed by atoms with Gasteiger partial charge in [0.2, 0.25) is 5.03 Å². The van der Waals surface area contributed by atoms with Crippen LogP contribution in [0.5, 0.6) is 0 Å². The molecule has 0 aliphatic rings. The normalized spacial score (nSPS) is 11.7. The molecule has 2 heterocycles. The Kier molecular flexibility index (Phi) is 3.38. The number of anilines is 1. The van der Waals surface area contributed by atoms with Gasteiger partial charge in [-0.05, 0) is 40.2 Å². The predicted octanol–water partition coefficient (Wildman–Crippen LogP) is 1.93. The Morgan fingerprint density at radius 1 is 1.29 bits per heavy atom. The van der Waals surface area contributed by atoms with E-state index in [2.05, 4.69) is 35.9 Å². The van der Waals surface area contributed by atoms with E-state index in [0.29, 0.717) is 5.69 Å². The van der Waals surface area contributed by atoms with Crippen molar-refractivity contribution in [2.24, 2.45) is 7.05 Å². The molecule has 0 unspecified atom stereocenters. The summed E-state index contributed by atoms with van der Waals surface area (Å²) in [6, 6.07) is 8.79. The fourth-order valence-electron chi connectivity index (χ4n) is 1.95. The van der Waals surface area contributed by atoms with Crippen LogP contribution >= 0.6 is 15.9 Å². The highest BCUT2D eigenvalue weighted by atomic mass is 79.9. The minimum Gasteiger partial charge on any atom is -0.278 e. The van der Waals surface area contributed by atoms with Gasteiger partial charge >= 0.3 is 0 Å². The van der Waals surface area contributed by atoms with E-state index in [1.54, 1.807) is 30.5 Å². The van der Waals surface area contributed by atoms with E-state index in [9.17, 15) is 8.42 Å². The lowest BCUT2D eigenvalue weighted by molar-refractivity contribution is 0.578. The zero-order valence-corrected chi connectivity index (χ0v) is 13.3. The Balaban J connectivity index is 2.01. The quantitative estimate of drug-likeness (QED) is 0.763. The number of benzene rings is 1. The third-order valence-electron chi connectivity index (χ3n) is 2.85. The van der Waals surface area contributed by atoms with Crippen molar-refractivity contribution in [2.45, 2.75) is 5.03 Å². The first-order valence-corrected chi connectivity index (χ1v) is 8.18. The van der Waals surface area contributed by atoms with Crippen molar-refractivity contribution in [3.63, 3.8) is 0 Å². The lowest BCUT2D eigenvalue weighted by Crippen LogP contribution is -2.17. The van der Waals surface area contributed by atoms with Crippen LogP contribution in [0.15, 0.2) is 46.2 Å². The van der Waals surface area contributed by atoms with Gasteiger partial charge in [0, 0.05) is 24.3 Å². The first kappa shape index (κ1) is 14.0. The van der Waals surface area contributed by atoms with Crippen molar-refractivity contribution in [2.75, 3.05) is 4.72 Å². The number of hydrogen-bond donors (Lipinski definition) is 1. The molecule has 3 aromatic rings. The molecular weight excluding hydrogens is 358 g/mol. The van der Waals surface area contributed by atoms with Gasteiger partial charge in [0.25, 0.3) is 10.0 Å². The van der Waals surface area contributed by atoms with Crippen molar-refractivity contribution < 1.29 is 8.42 Å². The molecule has 108 valence electrons. The van der Waals surface area contributed by atoms with Crippen molar-refractivity contribution >= 4 is 42.5 Å². The monoisotopic (exact) mass is 367 g/mol. The Morgan fingerprint density at radius 2 is 2.10 bits per heavy atom. The van der Waals surface area contributed by atoms with E-state index in [4.69, 9.17) is 0 Å². The van der Waals surface area contributed by atoms with Crippen LogP contribution in [0, 0.1) is 0 Å². The molecule has 0 saturated carbocycles. The Morgan fingerprint density at radius 3 is 2.81 bits per heavy atom. The minimum atomic E-state index is -3.78. The van der Waals surface area contributed by atoms with Crippen LogP contribution in [-0.2, 0) is 17.1 Å². The van der Waals surface area contributed by atoms with E-state index in [-0.39, 0.29) is 9.63 Å². The van der Waals surface area contributed by atoms with E-state index in [1.165, 1.54) is 11.7 Å². The highest BCUT2D eigenvalue weighted by molar-refractivity contribution is 9.10. The first-order valence-electron chi connectivity index (χ1n) is 5.90. The van der Waals surface area contributed by atoms with E-state index in [0.717, 1.165) is 10.9 Å². The van der Waals surface area contributed by atoms with Gasteiger partial charge in [-0.25, -0.2) is 4.68 Å². The summed E-state index contributed by atoms with van der Waals surface area (Å²) in [6.45, 7) is 0. The fraction of sp³-hybridized carbons (Fsp3) is 0.0833. The first-order chi connectivity index (χ1) is 9.97. The molecule has 21 heavy (non-hydrogen) atoms. The standard InChI is InChI=1S/C12H10BrN5O2S/c1-18-12(11(13)15-17-18)21(19,20)16-9-4-5-10-8(7-9)3-2-6-14-10/h2-7,16H,1H3. The van der Waals surface area contributed by atoms with Crippen molar-refractivity contribution in [1.29, 1.82) is 0 Å². The van der Waals surface area contributed by atoms with E-state index >= 15 is 0 Å². The predicted molar refractivity (Wildman–Crippen MR) is 81.3 cm³/mol. The Labute approximate surface area is 129 Å². The van der Waals surface area contributed by atoms with E-state index < -0.39 is 10.0 Å². The molecule has 0 fully saturated rings. The van der Waals surface area contributed by atoms with Crippen LogP contribution in [0.2, 0.25) is 0 Å². The molecule has 0 atom stereocenters. The maximum Gasteiger partial charge on any atom is 0.281 e.